The van der Waals surface area contributed by atoms with E-state index in [0.717, 1.165) is 11.5 Å². The Labute approximate surface area is 126 Å². The second-order valence-corrected chi connectivity index (χ2v) is 6.12. The molecule has 1 fully saturated rings. The predicted molar refractivity (Wildman–Crippen MR) is 82.5 cm³/mol. The first-order valence-corrected chi connectivity index (χ1v) is 7.85. The summed E-state index contributed by atoms with van der Waals surface area (Å²) >= 11 is 0. The van der Waals surface area contributed by atoms with Crippen molar-refractivity contribution in [2.45, 2.75) is 45.7 Å². The number of hydrogen-bond donors (Lipinski definition) is 1. The van der Waals surface area contributed by atoms with Crippen LogP contribution in [0, 0.1) is 11.8 Å². The van der Waals surface area contributed by atoms with Crippen LogP contribution in [0.1, 0.15) is 39.0 Å². The molecule has 0 saturated heterocycles. The molecule has 0 amide bonds. The Bertz CT molecular complexity index is 566. The molecule has 4 nitrogen and oxygen atoms in total. The minimum Gasteiger partial charge on any atom is -0.419 e. The summed E-state index contributed by atoms with van der Waals surface area (Å²) in [6.45, 7) is 5.34. The van der Waals surface area contributed by atoms with Gasteiger partial charge in [-0.25, -0.2) is 0 Å². The largest absolute Gasteiger partial charge is 0.419 e. The number of rotatable bonds is 4. The lowest BCUT2D eigenvalue weighted by atomic mass is 9.78. The summed E-state index contributed by atoms with van der Waals surface area (Å²) in [6.07, 6.45) is 3.89. The van der Waals surface area contributed by atoms with Crippen molar-refractivity contribution >= 4 is 0 Å². The van der Waals surface area contributed by atoms with Gasteiger partial charge in [0.1, 0.15) is 0 Å². The maximum absolute atomic E-state index is 5.74. The van der Waals surface area contributed by atoms with Crippen molar-refractivity contribution in [1.82, 2.24) is 15.5 Å². The van der Waals surface area contributed by atoms with E-state index in [2.05, 4.69) is 29.4 Å². The van der Waals surface area contributed by atoms with Crippen molar-refractivity contribution < 1.29 is 4.42 Å². The lowest BCUT2D eigenvalue weighted by molar-refractivity contribution is 0.202. The van der Waals surface area contributed by atoms with Crippen LogP contribution in [0.25, 0.3) is 11.5 Å². The molecule has 1 saturated carbocycles. The van der Waals surface area contributed by atoms with Gasteiger partial charge in [-0.3, -0.25) is 0 Å². The number of nitrogens with zero attached hydrogens (tertiary/aromatic N) is 2. The zero-order valence-electron chi connectivity index (χ0n) is 12.7. The Morgan fingerprint density at radius 2 is 1.95 bits per heavy atom. The number of aromatic nitrogens is 2. The van der Waals surface area contributed by atoms with Gasteiger partial charge in [0.25, 0.3) is 0 Å². The van der Waals surface area contributed by atoms with Gasteiger partial charge >= 0.3 is 0 Å². The van der Waals surface area contributed by atoms with E-state index in [1.165, 1.54) is 19.3 Å². The third kappa shape index (κ3) is 3.32. The molecule has 0 radical (unpaired) electrons. The highest BCUT2D eigenvalue weighted by Gasteiger charge is 2.26. The monoisotopic (exact) mass is 285 g/mol. The van der Waals surface area contributed by atoms with Gasteiger partial charge in [-0.1, -0.05) is 44.9 Å². The van der Waals surface area contributed by atoms with Gasteiger partial charge in [-0.2, -0.15) is 0 Å². The van der Waals surface area contributed by atoms with Gasteiger partial charge in [-0.15, -0.1) is 10.2 Å². The Morgan fingerprint density at radius 3 is 2.76 bits per heavy atom. The van der Waals surface area contributed by atoms with Gasteiger partial charge in [0.2, 0.25) is 11.8 Å². The summed E-state index contributed by atoms with van der Waals surface area (Å²) in [5.74, 6) is 2.76. The smallest absolute Gasteiger partial charge is 0.247 e. The Morgan fingerprint density at radius 1 is 1.14 bits per heavy atom. The summed E-state index contributed by atoms with van der Waals surface area (Å²) in [4.78, 5) is 0. The highest BCUT2D eigenvalue weighted by atomic mass is 16.4. The van der Waals surface area contributed by atoms with E-state index in [-0.39, 0.29) is 0 Å². The molecule has 4 heteroatoms. The first kappa shape index (κ1) is 14.3. The third-order valence-electron chi connectivity index (χ3n) is 4.71. The van der Waals surface area contributed by atoms with Crippen LogP contribution in [0.15, 0.2) is 34.7 Å². The molecule has 1 aromatic heterocycles. The molecule has 1 N–H and O–H groups in total. The zero-order chi connectivity index (χ0) is 14.7. The van der Waals surface area contributed by atoms with E-state index >= 15 is 0 Å². The molecule has 3 unspecified atom stereocenters. The molecular formula is C17H23N3O. The summed E-state index contributed by atoms with van der Waals surface area (Å²) in [6, 6.07) is 10.4. The fraction of sp³-hybridized carbons (Fsp3) is 0.529. The van der Waals surface area contributed by atoms with Crippen LogP contribution in [0.4, 0.5) is 0 Å². The van der Waals surface area contributed by atoms with Gasteiger partial charge in [0.05, 0.1) is 6.54 Å². The molecule has 0 spiro atoms. The molecule has 1 aromatic carbocycles. The van der Waals surface area contributed by atoms with Crippen LogP contribution < -0.4 is 5.32 Å². The number of benzene rings is 1. The lowest BCUT2D eigenvalue weighted by Crippen LogP contribution is -2.40. The summed E-state index contributed by atoms with van der Waals surface area (Å²) in [7, 11) is 0. The van der Waals surface area contributed by atoms with E-state index in [1.807, 2.05) is 30.3 Å². The molecule has 0 aliphatic heterocycles. The van der Waals surface area contributed by atoms with Gasteiger partial charge in [0.15, 0.2) is 0 Å². The van der Waals surface area contributed by atoms with Crippen LogP contribution in [0.3, 0.4) is 0 Å². The summed E-state index contributed by atoms with van der Waals surface area (Å²) < 4.78 is 5.74. The molecule has 0 bridgehead atoms. The van der Waals surface area contributed by atoms with Crippen LogP contribution in [-0.2, 0) is 6.54 Å². The second-order valence-electron chi connectivity index (χ2n) is 6.12. The molecular weight excluding hydrogens is 262 g/mol. The van der Waals surface area contributed by atoms with Gasteiger partial charge in [0, 0.05) is 11.6 Å². The third-order valence-corrected chi connectivity index (χ3v) is 4.71. The molecule has 21 heavy (non-hydrogen) atoms. The zero-order valence-corrected chi connectivity index (χ0v) is 12.7. The number of nitrogens with one attached hydrogen (secondary N) is 1. The number of hydrogen-bond acceptors (Lipinski definition) is 4. The van der Waals surface area contributed by atoms with Crippen molar-refractivity contribution in [3.05, 3.63) is 36.2 Å². The normalized spacial score (nSPS) is 25.9. The minimum atomic E-state index is 0.556. The molecule has 1 aliphatic carbocycles. The predicted octanol–water partition coefficient (Wildman–Crippen LogP) is 3.65. The lowest BCUT2D eigenvalue weighted by Gasteiger charge is -2.34. The molecule has 1 heterocycles. The van der Waals surface area contributed by atoms with Gasteiger partial charge < -0.3 is 9.73 Å². The highest BCUT2D eigenvalue weighted by molar-refractivity contribution is 5.51. The fourth-order valence-electron chi connectivity index (χ4n) is 3.11. The average molecular weight is 285 g/mol. The van der Waals surface area contributed by atoms with Crippen LogP contribution in [0.2, 0.25) is 0 Å². The van der Waals surface area contributed by atoms with Gasteiger partial charge in [-0.05, 0) is 30.4 Å². The van der Waals surface area contributed by atoms with Crippen molar-refractivity contribution in [2.75, 3.05) is 0 Å². The van der Waals surface area contributed by atoms with E-state index in [1.54, 1.807) is 0 Å². The molecule has 3 rings (SSSR count). The minimum absolute atomic E-state index is 0.556. The van der Waals surface area contributed by atoms with E-state index < -0.39 is 0 Å². The van der Waals surface area contributed by atoms with Crippen molar-refractivity contribution in [3.8, 4) is 11.5 Å². The van der Waals surface area contributed by atoms with Crippen LogP contribution >= 0.6 is 0 Å². The second kappa shape index (κ2) is 6.39. The van der Waals surface area contributed by atoms with E-state index in [4.69, 9.17) is 4.42 Å². The quantitative estimate of drug-likeness (QED) is 0.931. The maximum atomic E-state index is 5.74. The molecule has 112 valence electrons. The highest BCUT2D eigenvalue weighted by Crippen LogP contribution is 2.29. The van der Waals surface area contributed by atoms with Crippen molar-refractivity contribution in [2.24, 2.45) is 11.8 Å². The SMILES string of the molecule is CC1CCCC(NCc2nnc(-c3ccccc3)o2)C1C. The molecule has 2 aromatic rings. The first-order valence-electron chi connectivity index (χ1n) is 7.85. The Hall–Kier alpha value is -1.68. The Balaban J connectivity index is 1.60. The summed E-state index contributed by atoms with van der Waals surface area (Å²) in [5, 5.41) is 11.9. The van der Waals surface area contributed by atoms with E-state index in [0.29, 0.717) is 30.3 Å². The van der Waals surface area contributed by atoms with Crippen molar-refractivity contribution in [3.63, 3.8) is 0 Å². The topological polar surface area (TPSA) is 51.0 Å². The standard InChI is InChI=1S/C17H23N3O/c1-12-7-6-10-15(13(12)2)18-11-16-19-20-17(21-16)14-8-4-3-5-9-14/h3-5,8-9,12-13,15,18H,6-7,10-11H2,1-2H3. The molecule has 3 atom stereocenters. The van der Waals surface area contributed by atoms with E-state index in [9.17, 15) is 0 Å². The van der Waals surface area contributed by atoms with Crippen LogP contribution in [-0.4, -0.2) is 16.2 Å². The fourth-order valence-corrected chi connectivity index (χ4v) is 3.11. The maximum Gasteiger partial charge on any atom is 0.247 e. The molecule has 1 aliphatic rings. The Kier molecular flexibility index (Phi) is 4.34. The first-order chi connectivity index (χ1) is 10.2. The summed E-state index contributed by atoms with van der Waals surface area (Å²) in [5.41, 5.74) is 0.968. The van der Waals surface area contributed by atoms with Crippen molar-refractivity contribution in [1.29, 1.82) is 0 Å². The average Bonchev–Trinajstić information content (AvgIpc) is 2.99. The van der Waals surface area contributed by atoms with Crippen LogP contribution in [0.5, 0.6) is 0 Å².